The molecule has 2 aromatic rings. The summed E-state index contributed by atoms with van der Waals surface area (Å²) in [4.78, 5) is 7.06. The fourth-order valence-corrected chi connectivity index (χ4v) is 4.25. The van der Waals surface area contributed by atoms with Crippen molar-refractivity contribution in [1.82, 2.24) is 4.90 Å². The van der Waals surface area contributed by atoms with E-state index in [9.17, 15) is 5.11 Å². The zero-order valence-electron chi connectivity index (χ0n) is 16.4. The van der Waals surface area contributed by atoms with Gasteiger partial charge in [-0.05, 0) is 44.5 Å². The van der Waals surface area contributed by atoms with Gasteiger partial charge < -0.3 is 14.7 Å². The van der Waals surface area contributed by atoms with Crippen LogP contribution < -0.4 is 0 Å². The van der Waals surface area contributed by atoms with Crippen molar-refractivity contribution in [2.45, 2.75) is 37.3 Å². The molecule has 1 saturated heterocycles. The number of hydrogen-bond donors (Lipinski definition) is 1. The Labute approximate surface area is 161 Å². The summed E-state index contributed by atoms with van der Waals surface area (Å²) in [6, 6.07) is 18.4. The highest BCUT2D eigenvalue weighted by atomic mass is 16.5. The standard InChI is InChI=1S/C23H28N2O2/c1-22(2)16-27-21(24-22)18-11-7-8-12-19(18)23(26)13-14-25(3)15-20(23)17-9-5-4-6-10-17/h4-12,20,26H,13-16H2,1-3H3. The van der Waals surface area contributed by atoms with Crippen LogP contribution in [0, 0.1) is 0 Å². The Morgan fingerprint density at radius 1 is 1.07 bits per heavy atom. The SMILES string of the molecule is CN1CCC(O)(c2ccccc2C2=NC(C)(C)CO2)C(c2ccccc2)C1. The summed E-state index contributed by atoms with van der Waals surface area (Å²) in [7, 11) is 2.12. The van der Waals surface area contributed by atoms with Crippen LogP contribution in [0.2, 0.25) is 0 Å². The second-order valence-corrected chi connectivity index (χ2v) is 8.46. The van der Waals surface area contributed by atoms with E-state index in [1.54, 1.807) is 0 Å². The Morgan fingerprint density at radius 2 is 1.78 bits per heavy atom. The highest BCUT2D eigenvalue weighted by molar-refractivity contribution is 5.97. The van der Waals surface area contributed by atoms with Crippen molar-refractivity contribution >= 4 is 5.90 Å². The maximum absolute atomic E-state index is 12.0. The van der Waals surface area contributed by atoms with E-state index in [1.165, 1.54) is 0 Å². The normalized spacial score (nSPS) is 27.9. The molecule has 0 aromatic heterocycles. The molecule has 0 spiro atoms. The van der Waals surface area contributed by atoms with Crippen molar-refractivity contribution in [3.63, 3.8) is 0 Å². The lowest BCUT2D eigenvalue weighted by Crippen LogP contribution is -2.48. The summed E-state index contributed by atoms with van der Waals surface area (Å²) in [6.07, 6.45) is 0.677. The van der Waals surface area contributed by atoms with E-state index in [4.69, 9.17) is 9.73 Å². The first-order chi connectivity index (χ1) is 12.9. The Hall–Kier alpha value is -2.17. The molecule has 0 radical (unpaired) electrons. The molecular formula is C23H28N2O2. The van der Waals surface area contributed by atoms with Crippen molar-refractivity contribution in [3.8, 4) is 0 Å². The zero-order chi connectivity index (χ0) is 19.1. The minimum Gasteiger partial charge on any atom is -0.475 e. The Bertz CT molecular complexity index is 846. The van der Waals surface area contributed by atoms with Crippen molar-refractivity contribution in [3.05, 3.63) is 71.3 Å². The summed E-state index contributed by atoms with van der Waals surface area (Å²) >= 11 is 0. The van der Waals surface area contributed by atoms with Gasteiger partial charge in [-0.1, -0.05) is 48.5 Å². The molecule has 4 rings (SSSR count). The zero-order valence-corrected chi connectivity index (χ0v) is 16.4. The minimum absolute atomic E-state index is 0.00591. The minimum atomic E-state index is -0.955. The van der Waals surface area contributed by atoms with Gasteiger partial charge in [0.15, 0.2) is 0 Å². The molecule has 2 atom stereocenters. The number of ether oxygens (including phenoxy) is 1. The highest BCUT2D eigenvalue weighted by Gasteiger charge is 2.45. The molecule has 2 aliphatic heterocycles. The van der Waals surface area contributed by atoms with Gasteiger partial charge >= 0.3 is 0 Å². The van der Waals surface area contributed by atoms with Crippen LogP contribution in [0.3, 0.4) is 0 Å². The van der Waals surface area contributed by atoms with Gasteiger partial charge in [0, 0.05) is 24.6 Å². The fraction of sp³-hybridized carbons (Fsp3) is 0.435. The number of likely N-dealkylation sites (N-methyl/N-ethyl adjacent to an activating group) is 1. The van der Waals surface area contributed by atoms with Crippen molar-refractivity contribution < 1.29 is 9.84 Å². The van der Waals surface area contributed by atoms with Crippen LogP contribution in [0.1, 0.15) is 42.9 Å². The van der Waals surface area contributed by atoms with Crippen LogP contribution in [0.4, 0.5) is 0 Å². The average molecular weight is 364 g/mol. The maximum atomic E-state index is 12.0. The summed E-state index contributed by atoms with van der Waals surface area (Å²) in [6.45, 7) is 6.37. The number of rotatable bonds is 3. The number of aliphatic hydroxyl groups is 1. The monoisotopic (exact) mass is 364 g/mol. The van der Waals surface area contributed by atoms with Gasteiger partial charge in [0.1, 0.15) is 6.61 Å². The summed E-state index contributed by atoms with van der Waals surface area (Å²) in [5.41, 5.74) is 1.81. The van der Waals surface area contributed by atoms with Gasteiger partial charge in [-0.3, -0.25) is 0 Å². The lowest BCUT2D eigenvalue weighted by atomic mass is 9.71. The van der Waals surface area contributed by atoms with E-state index in [2.05, 4.69) is 37.9 Å². The van der Waals surface area contributed by atoms with Crippen molar-refractivity contribution in [1.29, 1.82) is 0 Å². The molecule has 0 aliphatic carbocycles. The van der Waals surface area contributed by atoms with Gasteiger partial charge in [-0.2, -0.15) is 0 Å². The van der Waals surface area contributed by atoms with Gasteiger partial charge in [-0.15, -0.1) is 0 Å². The average Bonchev–Trinajstić information content (AvgIpc) is 3.04. The number of aliphatic imine (C=N–C) groups is 1. The maximum Gasteiger partial charge on any atom is 0.217 e. The van der Waals surface area contributed by atoms with E-state index < -0.39 is 5.60 Å². The number of nitrogens with zero attached hydrogens (tertiary/aromatic N) is 2. The first kappa shape index (κ1) is 18.2. The molecule has 0 bridgehead atoms. The molecule has 27 heavy (non-hydrogen) atoms. The first-order valence-electron chi connectivity index (χ1n) is 9.67. The second kappa shape index (κ2) is 6.77. The predicted molar refractivity (Wildman–Crippen MR) is 108 cm³/mol. The molecule has 1 N–H and O–H groups in total. The molecular weight excluding hydrogens is 336 g/mol. The molecule has 142 valence electrons. The largest absolute Gasteiger partial charge is 0.475 e. The van der Waals surface area contributed by atoms with Crippen LogP contribution in [0.5, 0.6) is 0 Å². The number of piperidine rings is 1. The number of likely N-dealkylation sites (tertiary alicyclic amines) is 1. The van der Waals surface area contributed by atoms with Crippen LogP contribution >= 0.6 is 0 Å². The Balaban J connectivity index is 1.81. The van der Waals surface area contributed by atoms with Crippen molar-refractivity contribution in [2.24, 2.45) is 4.99 Å². The molecule has 2 aliphatic rings. The lowest BCUT2D eigenvalue weighted by Gasteiger charge is -2.45. The topological polar surface area (TPSA) is 45.1 Å². The van der Waals surface area contributed by atoms with E-state index in [0.717, 1.165) is 29.8 Å². The smallest absolute Gasteiger partial charge is 0.217 e. The van der Waals surface area contributed by atoms with Crippen LogP contribution in [0.25, 0.3) is 0 Å². The van der Waals surface area contributed by atoms with Gasteiger partial charge in [0.05, 0.1) is 11.1 Å². The molecule has 4 heteroatoms. The third kappa shape index (κ3) is 3.40. The van der Waals surface area contributed by atoms with Crippen LogP contribution in [-0.4, -0.2) is 48.2 Å². The molecule has 0 saturated carbocycles. The highest BCUT2D eigenvalue weighted by Crippen LogP contribution is 2.44. The Morgan fingerprint density at radius 3 is 2.48 bits per heavy atom. The Kier molecular flexibility index (Phi) is 4.57. The molecule has 2 heterocycles. The fourth-order valence-electron chi connectivity index (χ4n) is 4.25. The summed E-state index contributed by atoms with van der Waals surface area (Å²) in [5.74, 6) is 0.642. The summed E-state index contributed by atoms with van der Waals surface area (Å²) < 4.78 is 5.92. The van der Waals surface area contributed by atoms with E-state index in [-0.39, 0.29) is 11.5 Å². The van der Waals surface area contributed by atoms with Crippen LogP contribution in [0.15, 0.2) is 59.6 Å². The molecule has 2 unspecified atom stereocenters. The third-order valence-electron chi connectivity index (χ3n) is 5.74. The van der Waals surface area contributed by atoms with Crippen LogP contribution in [-0.2, 0) is 10.3 Å². The molecule has 2 aromatic carbocycles. The molecule has 4 nitrogen and oxygen atoms in total. The van der Waals surface area contributed by atoms with E-state index in [1.807, 2.05) is 42.5 Å². The van der Waals surface area contributed by atoms with Gasteiger partial charge in [0.2, 0.25) is 5.90 Å². The van der Waals surface area contributed by atoms with Gasteiger partial charge in [0.25, 0.3) is 0 Å². The van der Waals surface area contributed by atoms with Crippen molar-refractivity contribution in [2.75, 3.05) is 26.7 Å². The number of hydrogen-bond acceptors (Lipinski definition) is 4. The molecule has 1 fully saturated rings. The second-order valence-electron chi connectivity index (χ2n) is 8.46. The third-order valence-corrected chi connectivity index (χ3v) is 5.74. The summed E-state index contributed by atoms with van der Waals surface area (Å²) in [5, 5.41) is 12.0. The quantitative estimate of drug-likeness (QED) is 0.906. The molecule has 0 amide bonds. The van der Waals surface area contributed by atoms with Gasteiger partial charge in [-0.25, -0.2) is 4.99 Å². The number of benzene rings is 2. The first-order valence-corrected chi connectivity index (χ1v) is 9.67. The van der Waals surface area contributed by atoms with E-state index >= 15 is 0 Å². The lowest BCUT2D eigenvalue weighted by molar-refractivity contribution is -0.0420. The van der Waals surface area contributed by atoms with E-state index in [0.29, 0.717) is 18.9 Å². The predicted octanol–water partition coefficient (Wildman–Crippen LogP) is 3.55.